The number of hydrogen-bond donors (Lipinski definition) is 1. The average molecular weight is 443 g/mol. The number of benzene rings is 1. The minimum absolute atomic E-state index is 0.00179. The van der Waals surface area contributed by atoms with Crippen LogP contribution in [0.5, 0.6) is 5.75 Å². The van der Waals surface area contributed by atoms with Gasteiger partial charge in [-0.15, -0.1) is 11.3 Å². The molecule has 1 aromatic carbocycles. The predicted octanol–water partition coefficient (Wildman–Crippen LogP) is 2.63. The lowest BCUT2D eigenvalue weighted by atomic mass is 9.90. The van der Waals surface area contributed by atoms with Gasteiger partial charge >= 0.3 is 0 Å². The van der Waals surface area contributed by atoms with Crippen LogP contribution in [0, 0.1) is 5.92 Å². The summed E-state index contributed by atoms with van der Waals surface area (Å²) in [7, 11) is 1.65. The Bertz CT molecular complexity index is 919. The van der Waals surface area contributed by atoms with Crippen molar-refractivity contribution in [2.75, 3.05) is 38.2 Å². The molecule has 1 aliphatic heterocycles. The SMILES string of the molecule is CCC(=O)N1CCN(c2nc3c(s2)CC(C(=O)NCc2ccc(OC)cc2)CC3)CC1. The first kappa shape index (κ1) is 21.6. The van der Waals surface area contributed by atoms with Crippen LogP contribution in [0.2, 0.25) is 0 Å². The van der Waals surface area contributed by atoms with Gasteiger partial charge in [0.1, 0.15) is 5.75 Å². The molecule has 1 unspecified atom stereocenters. The molecule has 1 aromatic heterocycles. The van der Waals surface area contributed by atoms with E-state index in [1.54, 1.807) is 18.4 Å². The molecule has 2 amide bonds. The van der Waals surface area contributed by atoms with Gasteiger partial charge in [-0.1, -0.05) is 19.1 Å². The molecule has 7 nitrogen and oxygen atoms in total. The molecule has 0 saturated carbocycles. The third-order valence-electron chi connectivity index (χ3n) is 6.13. The number of aromatic nitrogens is 1. The predicted molar refractivity (Wildman–Crippen MR) is 122 cm³/mol. The number of piperazine rings is 1. The maximum atomic E-state index is 12.7. The topological polar surface area (TPSA) is 74.8 Å². The molecule has 1 fully saturated rings. The van der Waals surface area contributed by atoms with Crippen molar-refractivity contribution < 1.29 is 14.3 Å². The molecule has 0 radical (unpaired) electrons. The highest BCUT2D eigenvalue weighted by molar-refractivity contribution is 7.15. The number of thiazole rings is 1. The highest BCUT2D eigenvalue weighted by Gasteiger charge is 2.29. The van der Waals surface area contributed by atoms with Gasteiger partial charge in [0.05, 0.1) is 12.8 Å². The largest absolute Gasteiger partial charge is 0.497 e. The number of fused-ring (bicyclic) bond motifs is 1. The number of ether oxygens (including phenoxy) is 1. The fourth-order valence-corrected chi connectivity index (χ4v) is 5.41. The Kier molecular flexibility index (Phi) is 6.75. The number of anilines is 1. The normalized spacial score (nSPS) is 18.5. The van der Waals surface area contributed by atoms with Gasteiger partial charge in [0.25, 0.3) is 0 Å². The van der Waals surface area contributed by atoms with Gasteiger partial charge in [0.15, 0.2) is 5.13 Å². The third-order valence-corrected chi connectivity index (χ3v) is 7.31. The number of rotatable bonds is 6. The second-order valence-corrected chi connectivity index (χ2v) is 9.16. The van der Waals surface area contributed by atoms with E-state index >= 15 is 0 Å². The molecule has 1 aliphatic carbocycles. The molecule has 0 bridgehead atoms. The Morgan fingerprint density at radius 2 is 1.94 bits per heavy atom. The maximum Gasteiger partial charge on any atom is 0.223 e. The van der Waals surface area contributed by atoms with Gasteiger partial charge in [-0.3, -0.25) is 9.59 Å². The first-order chi connectivity index (χ1) is 15.1. The van der Waals surface area contributed by atoms with Crippen LogP contribution in [0.4, 0.5) is 5.13 Å². The van der Waals surface area contributed by atoms with Gasteiger partial charge in [-0.2, -0.15) is 0 Å². The van der Waals surface area contributed by atoms with Crippen molar-refractivity contribution in [2.45, 2.75) is 39.2 Å². The Balaban J connectivity index is 1.31. The van der Waals surface area contributed by atoms with Crippen LogP contribution in [0.15, 0.2) is 24.3 Å². The summed E-state index contributed by atoms with van der Waals surface area (Å²) in [5.74, 6) is 1.15. The summed E-state index contributed by atoms with van der Waals surface area (Å²) < 4.78 is 5.18. The van der Waals surface area contributed by atoms with Crippen molar-refractivity contribution in [3.63, 3.8) is 0 Å². The molecule has 166 valence electrons. The first-order valence-electron chi connectivity index (χ1n) is 11.0. The molecule has 8 heteroatoms. The smallest absolute Gasteiger partial charge is 0.223 e. The summed E-state index contributed by atoms with van der Waals surface area (Å²) in [6, 6.07) is 7.76. The molecule has 1 N–H and O–H groups in total. The van der Waals surface area contributed by atoms with Crippen LogP contribution in [-0.2, 0) is 29.0 Å². The fourth-order valence-electron chi connectivity index (χ4n) is 4.17. The van der Waals surface area contributed by atoms with E-state index in [2.05, 4.69) is 10.2 Å². The van der Waals surface area contributed by atoms with Crippen LogP contribution in [0.3, 0.4) is 0 Å². The van der Waals surface area contributed by atoms with E-state index in [4.69, 9.17) is 9.72 Å². The summed E-state index contributed by atoms with van der Waals surface area (Å²) >= 11 is 1.71. The first-order valence-corrected chi connectivity index (χ1v) is 11.8. The Labute approximate surface area is 187 Å². The van der Waals surface area contributed by atoms with Crippen molar-refractivity contribution in [1.29, 1.82) is 0 Å². The van der Waals surface area contributed by atoms with E-state index in [1.165, 1.54) is 4.88 Å². The fraction of sp³-hybridized carbons (Fsp3) is 0.522. The van der Waals surface area contributed by atoms with Crippen LogP contribution >= 0.6 is 11.3 Å². The zero-order chi connectivity index (χ0) is 21.8. The number of hydrogen-bond acceptors (Lipinski definition) is 6. The van der Waals surface area contributed by atoms with Gasteiger partial charge in [0.2, 0.25) is 11.8 Å². The summed E-state index contributed by atoms with van der Waals surface area (Å²) in [5, 5.41) is 4.12. The van der Waals surface area contributed by atoms with Crippen molar-refractivity contribution >= 4 is 28.3 Å². The number of amides is 2. The van der Waals surface area contributed by atoms with Crippen LogP contribution < -0.4 is 15.0 Å². The van der Waals surface area contributed by atoms with E-state index in [-0.39, 0.29) is 17.7 Å². The third kappa shape index (κ3) is 5.01. The monoisotopic (exact) mass is 442 g/mol. The minimum Gasteiger partial charge on any atom is -0.497 e. The van der Waals surface area contributed by atoms with Gasteiger partial charge in [-0.25, -0.2) is 4.98 Å². The molecule has 4 rings (SSSR count). The summed E-state index contributed by atoms with van der Waals surface area (Å²) in [4.78, 5) is 35.0. The summed E-state index contributed by atoms with van der Waals surface area (Å²) in [5.41, 5.74) is 2.21. The zero-order valence-electron chi connectivity index (χ0n) is 18.2. The molecule has 2 aliphatic rings. The lowest BCUT2D eigenvalue weighted by Crippen LogP contribution is -2.48. The Hall–Kier alpha value is -2.61. The Morgan fingerprint density at radius 1 is 1.19 bits per heavy atom. The maximum absolute atomic E-state index is 12.7. The van der Waals surface area contributed by atoms with Crippen molar-refractivity contribution in [3.8, 4) is 5.75 Å². The van der Waals surface area contributed by atoms with Crippen LogP contribution in [0.25, 0.3) is 0 Å². The molecule has 31 heavy (non-hydrogen) atoms. The van der Waals surface area contributed by atoms with Crippen LogP contribution in [0.1, 0.15) is 35.9 Å². The average Bonchev–Trinajstić information content (AvgIpc) is 3.26. The minimum atomic E-state index is -0.00179. The zero-order valence-corrected chi connectivity index (χ0v) is 19.0. The summed E-state index contributed by atoms with van der Waals surface area (Å²) in [6.07, 6.45) is 3.01. The molecule has 2 heterocycles. The van der Waals surface area contributed by atoms with Crippen LogP contribution in [-0.4, -0.2) is 55.0 Å². The molecular formula is C23H30N4O3S. The highest BCUT2D eigenvalue weighted by Crippen LogP contribution is 2.34. The molecule has 0 spiro atoms. The van der Waals surface area contributed by atoms with Gasteiger partial charge in [0, 0.05) is 49.9 Å². The van der Waals surface area contributed by atoms with E-state index < -0.39 is 0 Å². The van der Waals surface area contributed by atoms with E-state index in [0.717, 1.165) is 67.6 Å². The standard InChI is InChI=1S/C23H30N4O3S/c1-3-21(28)26-10-12-27(13-11-26)23-25-19-9-6-17(14-20(19)31-23)22(29)24-15-16-4-7-18(30-2)8-5-16/h4-5,7-8,17H,3,6,9-15H2,1-2H3,(H,24,29). The number of nitrogens with one attached hydrogen (secondary N) is 1. The second kappa shape index (κ2) is 9.68. The van der Waals surface area contributed by atoms with Gasteiger partial charge < -0.3 is 19.9 Å². The molecule has 2 aromatic rings. The van der Waals surface area contributed by atoms with Crippen molar-refractivity contribution in [1.82, 2.24) is 15.2 Å². The molecule has 1 atom stereocenters. The number of carbonyl (C=O) groups is 2. The summed E-state index contributed by atoms with van der Waals surface area (Å²) in [6.45, 7) is 5.60. The van der Waals surface area contributed by atoms with E-state index in [9.17, 15) is 9.59 Å². The van der Waals surface area contributed by atoms with Gasteiger partial charge in [-0.05, 0) is 37.0 Å². The highest BCUT2D eigenvalue weighted by atomic mass is 32.1. The van der Waals surface area contributed by atoms with Crippen molar-refractivity contribution in [2.24, 2.45) is 5.92 Å². The lowest BCUT2D eigenvalue weighted by molar-refractivity contribution is -0.131. The number of aryl methyl sites for hydroxylation is 1. The molecule has 1 saturated heterocycles. The van der Waals surface area contributed by atoms with Crippen molar-refractivity contribution in [3.05, 3.63) is 40.4 Å². The number of methoxy groups -OCH3 is 1. The quantitative estimate of drug-likeness (QED) is 0.744. The molecular weight excluding hydrogens is 412 g/mol. The van der Waals surface area contributed by atoms with E-state index in [0.29, 0.717) is 13.0 Å². The number of carbonyl (C=O) groups excluding carboxylic acids is 2. The Morgan fingerprint density at radius 3 is 2.61 bits per heavy atom. The van der Waals surface area contributed by atoms with E-state index in [1.807, 2.05) is 36.1 Å². The number of nitrogens with zero attached hydrogens (tertiary/aromatic N) is 3. The lowest BCUT2D eigenvalue weighted by Gasteiger charge is -2.34. The second-order valence-electron chi connectivity index (χ2n) is 8.09.